The minimum atomic E-state index is -0.526. The highest BCUT2D eigenvalue weighted by Crippen LogP contribution is 2.24. The fourth-order valence-electron chi connectivity index (χ4n) is 1.05. The van der Waals surface area contributed by atoms with Crippen LogP contribution in [0.2, 0.25) is 5.02 Å². The summed E-state index contributed by atoms with van der Waals surface area (Å²) in [5.74, 6) is -0.526. The van der Waals surface area contributed by atoms with Gasteiger partial charge in [-0.3, -0.25) is 0 Å². The topological polar surface area (TPSA) is 50.1 Å². The largest absolute Gasteiger partial charge is 0.462 e. The lowest BCUT2D eigenvalue weighted by Crippen LogP contribution is -2.06. The molecule has 0 saturated heterocycles. The van der Waals surface area contributed by atoms with Crippen LogP contribution < -0.4 is 0 Å². The normalized spacial score (nSPS) is 9.47. The number of nitrogens with zero attached hydrogens (tertiary/aromatic N) is 1. The summed E-state index contributed by atoms with van der Waals surface area (Å²) in [7, 11) is 0. The van der Waals surface area contributed by atoms with E-state index in [2.05, 4.69) is 12.6 Å². The van der Waals surface area contributed by atoms with Gasteiger partial charge in [0.15, 0.2) is 0 Å². The van der Waals surface area contributed by atoms with Crippen LogP contribution in [0.3, 0.4) is 0 Å². The van der Waals surface area contributed by atoms with Crippen molar-refractivity contribution in [2.75, 3.05) is 6.61 Å². The molecule has 0 N–H and O–H groups in total. The molecule has 0 heterocycles. The molecule has 0 spiro atoms. The van der Waals surface area contributed by atoms with Gasteiger partial charge < -0.3 is 4.74 Å². The molecule has 5 heteroatoms. The van der Waals surface area contributed by atoms with Crippen molar-refractivity contribution in [3.63, 3.8) is 0 Å². The van der Waals surface area contributed by atoms with E-state index in [0.717, 1.165) is 0 Å². The Kier molecular flexibility index (Phi) is 4.01. The van der Waals surface area contributed by atoms with Gasteiger partial charge >= 0.3 is 5.97 Å². The van der Waals surface area contributed by atoms with Gasteiger partial charge in [0.25, 0.3) is 0 Å². The van der Waals surface area contributed by atoms with E-state index in [1.54, 1.807) is 6.92 Å². The number of thiol groups is 1. The van der Waals surface area contributed by atoms with Crippen molar-refractivity contribution in [1.82, 2.24) is 0 Å². The Bertz CT molecular complexity index is 440. The van der Waals surface area contributed by atoms with E-state index in [0.29, 0.717) is 9.92 Å². The third-order valence-corrected chi connectivity index (χ3v) is 2.39. The Morgan fingerprint density at radius 2 is 2.33 bits per heavy atom. The average Bonchev–Trinajstić information content (AvgIpc) is 2.21. The first kappa shape index (κ1) is 11.9. The van der Waals surface area contributed by atoms with Crippen LogP contribution >= 0.6 is 24.2 Å². The minimum absolute atomic E-state index is 0.212. The van der Waals surface area contributed by atoms with Gasteiger partial charge in [0.2, 0.25) is 0 Å². The molecule has 0 radical (unpaired) electrons. The smallest absolute Gasteiger partial charge is 0.339 e. The van der Waals surface area contributed by atoms with E-state index < -0.39 is 5.97 Å². The zero-order valence-corrected chi connectivity index (χ0v) is 9.60. The fraction of sp³-hybridized carbons (Fsp3) is 0.200. The number of benzene rings is 1. The Morgan fingerprint density at radius 1 is 1.67 bits per heavy atom. The lowest BCUT2D eigenvalue weighted by atomic mass is 10.1. The van der Waals surface area contributed by atoms with Gasteiger partial charge in [-0.2, -0.15) is 5.26 Å². The first-order valence-corrected chi connectivity index (χ1v) is 5.02. The maximum atomic E-state index is 11.4. The quantitative estimate of drug-likeness (QED) is 0.640. The summed E-state index contributed by atoms with van der Waals surface area (Å²) in [6.45, 7) is 1.96. The summed E-state index contributed by atoms with van der Waals surface area (Å²) >= 11 is 9.84. The number of halogens is 1. The van der Waals surface area contributed by atoms with E-state index in [9.17, 15) is 4.79 Å². The summed E-state index contributed by atoms with van der Waals surface area (Å²) in [5.41, 5.74) is 0.470. The maximum absolute atomic E-state index is 11.4. The lowest BCUT2D eigenvalue weighted by Gasteiger charge is -2.06. The zero-order valence-electron chi connectivity index (χ0n) is 7.95. The van der Waals surface area contributed by atoms with Crippen LogP contribution in [0.25, 0.3) is 0 Å². The van der Waals surface area contributed by atoms with Crippen molar-refractivity contribution in [2.24, 2.45) is 0 Å². The van der Waals surface area contributed by atoms with Crippen molar-refractivity contribution in [3.05, 3.63) is 28.3 Å². The van der Waals surface area contributed by atoms with Crippen LogP contribution in [0.1, 0.15) is 22.8 Å². The lowest BCUT2D eigenvalue weighted by molar-refractivity contribution is 0.0522. The van der Waals surface area contributed by atoms with Crippen LogP contribution in [0.5, 0.6) is 0 Å². The second-order valence-corrected chi connectivity index (χ2v) is 3.57. The molecule has 1 rings (SSSR count). The molecule has 1 aromatic carbocycles. The summed E-state index contributed by atoms with van der Waals surface area (Å²) in [4.78, 5) is 11.7. The summed E-state index contributed by atoms with van der Waals surface area (Å²) < 4.78 is 4.81. The van der Waals surface area contributed by atoms with Crippen molar-refractivity contribution in [1.29, 1.82) is 5.26 Å². The molecule has 0 aliphatic carbocycles. The van der Waals surface area contributed by atoms with Gasteiger partial charge in [0.1, 0.15) is 6.07 Å². The Morgan fingerprint density at radius 3 is 2.87 bits per heavy atom. The second kappa shape index (κ2) is 5.06. The predicted octanol–water partition coefficient (Wildman–Crippen LogP) is 2.68. The number of esters is 1. The zero-order chi connectivity index (χ0) is 11.4. The number of ether oxygens (including phenoxy) is 1. The number of nitriles is 1. The summed E-state index contributed by atoms with van der Waals surface area (Å²) in [6, 6.07) is 4.79. The van der Waals surface area contributed by atoms with E-state index in [1.165, 1.54) is 12.1 Å². The monoisotopic (exact) mass is 241 g/mol. The molecule has 15 heavy (non-hydrogen) atoms. The number of hydrogen-bond acceptors (Lipinski definition) is 4. The Labute approximate surface area is 98.0 Å². The van der Waals surface area contributed by atoms with Crippen molar-refractivity contribution in [2.45, 2.75) is 11.8 Å². The van der Waals surface area contributed by atoms with Crippen molar-refractivity contribution in [3.8, 4) is 6.07 Å². The first-order chi connectivity index (χ1) is 7.10. The van der Waals surface area contributed by atoms with Crippen LogP contribution in [0, 0.1) is 11.3 Å². The molecule has 0 amide bonds. The Balaban J connectivity index is 3.24. The van der Waals surface area contributed by atoms with Crippen molar-refractivity contribution >= 4 is 30.2 Å². The number of rotatable bonds is 2. The average molecular weight is 242 g/mol. The maximum Gasteiger partial charge on any atom is 0.339 e. The van der Waals surface area contributed by atoms with Gasteiger partial charge in [-0.05, 0) is 19.1 Å². The SMILES string of the molecule is CCOC(=O)c1cc(Cl)cc(C#N)c1S. The highest BCUT2D eigenvalue weighted by molar-refractivity contribution is 7.80. The van der Waals surface area contributed by atoms with E-state index in [1.807, 2.05) is 6.07 Å². The molecular weight excluding hydrogens is 234 g/mol. The number of carbonyl (C=O) groups excluding carboxylic acids is 1. The standard InChI is InChI=1S/C10H8ClNO2S/c1-2-14-10(13)8-4-7(11)3-6(5-12)9(8)15/h3-4,15H,2H2,1H3. The molecule has 0 bridgehead atoms. The van der Waals surface area contributed by atoms with Gasteiger partial charge in [0.05, 0.1) is 17.7 Å². The predicted molar refractivity (Wildman–Crippen MR) is 59.4 cm³/mol. The molecule has 3 nitrogen and oxygen atoms in total. The number of carbonyl (C=O) groups is 1. The molecular formula is C10H8ClNO2S. The second-order valence-electron chi connectivity index (χ2n) is 2.68. The van der Waals surface area contributed by atoms with Crippen LogP contribution in [0.15, 0.2) is 17.0 Å². The third-order valence-electron chi connectivity index (χ3n) is 1.69. The molecule has 0 unspecified atom stereocenters. The highest BCUT2D eigenvalue weighted by Gasteiger charge is 2.14. The van der Waals surface area contributed by atoms with Gasteiger partial charge in [-0.25, -0.2) is 4.79 Å². The van der Waals surface area contributed by atoms with E-state index >= 15 is 0 Å². The summed E-state index contributed by atoms with van der Waals surface area (Å²) in [5, 5.41) is 9.08. The Hall–Kier alpha value is -1.18. The molecule has 0 atom stereocenters. The van der Waals surface area contributed by atoms with Crippen molar-refractivity contribution < 1.29 is 9.53 Å². The van der Waals surface area contributed by atoms with Crippen LogP contribution in [-0.2, 0) is 4.74 Å². The van der Waals surface area contributed by atoms with Gasteiger partial charge in [-0.1, -0.05) is 11.6 Å². The summed E-state index contributed by atoms with van der Waals surface area (Å²) in [6.07, 6.45) is 0. The molecule has 0 aliphatic heterocycles. The molecule has 0 aromatic heterocycles. The minimum Gasteiger partial charge on any atom is -0.462 e. The van der Waals surface area contributed by atoms with E-state index in [-0.39, 0.29) is 17.7 Å². The number of hydrogen-bond donors (Lipinski definition) is 1. The third kappa shape index (κ3) is 2.65. The molecule has 0 saturated carbocycles. The van der Waals surface area contributed by atoms with Crippen LogP contribution in [0.4, 0.5) is 0 Å². The fourth-order valence-corrected chi connectivity index (χ4v) is 1.54. The first-order valence-electron chi connectivity index (χ1n) is 4.19. The molecule has 1 aromatic rings. The highest BCUT2D eigenvalue weighted by atomic mass is 35.5. The molecule has 0 fully saturated rings. The van der Waals surface area contributed by atoms with Gasteiger partial charge in [-0.15, -0.1) is 12.6 Å². The van der Waals surface area contributed by atoms with Gasteiger partial charge in [0, 0.05) is 9.92 Å². The molecule has 78 valence electrons. The molecule has 0 aliphatic rings. The van der Waals surface area contributed by atoms with Crippen LogP contribution in [-0.4, -0.2) is 12.6 Å². The van der Waals surface area contributed by atoms with E-state index in [4.69, 9.17) is 21.6 Å².